The zero-order valence-electron chi connectivity index (χ0n) is 12.7. The van der Waals surface area contributed by atoms with Gasteiger partial charge in [0.2, 0.25) is 5.91 Å². The molecule has 1 aliphatic rings. The van der Waals surface area contributed by atoms with Gasteiger partial charge in [0.05, 0.1) is 5.54 Å². The molecular formula is C15H19N5O2. The lowest BCUT2D eigenvalue weighted by atomic mass is 9.97. The molecule has 0 bridgehead atoms. The number of amides is 1. The molecule has 7 nitrogen and oxygen atoms in total. The van der Waals surface area contributed by atoms with Crippen molar-refractivity contribution in [3.05, 3.63) is 46.4 Å². The average Bonchev–Trinajstić information content (AvgIpc) is 3.07. The molecule has 0 spiro atoms. The van der Waals surface area contributed by atoms with Crippen LogP contribution in [0.1, 0.15) is 31.3 Å². The normalized spacial score (nSPS) is 21.3. The molecule has 1 atom stereocenters. The summed E-state index contributed by atoms with van der Waals surface area (Å²) in [5.74, 6) is 0.539. The molecule has 3 rings (SSSR count). The van der Waals surface area contributed by atoms with Crippen LogP contribution in [0.25, 0.3) is 0 Å². The number of H-pyrrole nitrogens is 1. The third-order valence-corrected chi connectivity index (χ3v) is 4.18. The van der Waals surface area contributed by atoms with Crippen LogP contribution in [-0.4, -0.2) is 37.1 Å². The van der Waals surface area contributed by atoms with E-state index in [2.05, 4.69) is 15.1 Å². The highest BCUT2D eigenvalue weighted by Crippen LogP contribution is 2.36. The first kappa shape index (κ1) is 14.5. The monoisotopic (exact) mass is 301 g/mol. The van der Waals surface area contributed by atoms with Crippen LogP contribution >= 0.6 is 0 Å². The van der Waals surface area contributed by atoms with Crippen molar-refractivity contribution in [2.45, 2.75) is 38.8 Å². The van der Waals surface area contributed by atoms with Gasteiger partial charge in [0, 0.05) is 30.7 Å². The standard InChI is InChI=1S/C15H19N5O2/c1-11-9-12(21)18-14(17-11)15(2)5-3-8-20(15)13(22)10-19-7-4-6-16-19/h4,6-7,9H,3,5,8,10H2,1-2H3,(H,17,18,21). The molecule has 1 saturated heterocycles. The van der Waals surface area contributed by atoms with Crippen molar-refractivity contribution < 1.29 is 4.79 Å². The van der Waals surface area contributed by atoms with E-state index in [1.165, 1.54) is 6.07 Å². The minimum Gasteiger partial charge on any atom is -0.328 e. The van der Waals surface area contributed by atoms with Crippen molar-refractivity contribution in [2.75, 3.05) is 6.54 Å². The number of rotatable bonds is 3. The fraction of sp³-hybridized carbons (Fsp3) is 0.467. The molecule has 0 aliphatic carbocycles. The fourth-order valence-electron chi connectivity index (χ4n) is 3.06. The third kappa shape index (κ3) is 2.54. The molecule has 1 amide bonds. The maximum absolute atomic E-state index is 12.6. The Balaban J connectivity index is 1.90. The average molecular weight is 301 g/mol. The number of nitrogens with zero attached hydrogens (tertiary/aromatic N) is 4. The van der Waals surface area contributed by atoms with Gasteiger partial charge in [0.25, 0.3) is 5.56 Å². The molecule has 7 heteroatoms. The van der Waals surface area contributed by atoms with Crippen LogP contribution in [0.4, 0.5) is 0 Å². The predicted octanol–water partition coefficient (Wildman–Crippen LogP) is 0.813. The fourth-order valence-corrected chi connectivity index (χ4v) is 3.06. The zero-order chi connectivity index (χ0) is 15.7. The highest BCUT2D eigenvalue weighted by atomic mass is 16.2. The van der Waals surface area contributed by atoms with Gasteiger partial charge in [-0.15, -0.1) is 0 Å². The minimum absolute atomic E-state index is 0.0205. The molecule has 3 heterocycles. The number of likely N-dealkylation sites (tertiary alicyclic amines) is 1. The van der Waals surface area contributed by atoms with Gasteiger partial charge in [-0.3, -0.25) is 14.3 Å². The Morgan fingerprint density at radius 3 is 3.00 bits per heavy atom. The van der Waals surface area contributed by atoms with E-state index >= 15 is 0 Å². The number of aromatic nitrogens is 4. The summed E-state index contributed by atoms with van der Waals surface area (Å²) in [5.41, 5.74) is -0.100. The van der Waals surface area contributed by atoms with E-state index in [0.717, 1.165) is 12.8 Å². The van der Waals surface area contributed by atoms with Crippen LogP contribution in [-0.2, 0) is 16.9 Å². The highest BCUT2D eigenvalue weighted by molar-refractivity contribution is 5.77. The Morgan fingerprint density at radius 2 is 2.32 bits per heavy atom. The van der Waals surface area contributed by atoms with Gasteiger partial charge in [-0.2, -0.15) is 5.10 Å². The predicted molar refractivity (Wildman–Crippen MR) is 80.1 cm³/mol. The summed E-state index contributed by atoms with van der Waals surface area (Å²) >= 11 is 0. The second-order valence-electron chi connectivity index (χ2n) is 5.86. The minimum atomic E-state index is -0.574. The third-order valence-electron chi connectivity index (χ3n) is 4.18. The summed E-state index contributed by atoms with van der Waals surface area (Å²) in [6.45, 7) is 4.60. The summed E-state index contributed by atoms with van der Waals surface area (Å²) in [7, 11) is 0. The summed E-state index contributed by atoms with van der Waals surface area (Å²) in [6.07, 6.45) is 5.08. The van der Waals surface area contributed by atoms with Gasteiger partial charge < -0.3 is 9.88 Å². The Labute approximate surface area is 128 Å². The second-order valence-corrected chi connectivity index (χ2v) is 5.86. The first-order valence-corrected chi connectivity index (χ1v) is 7.35. The number of aryl methyl sites for hydroxylation is 1. The van der Waals surface area contributed by atoms with E-state index in [0.29, 0.717) is 18.1 Å². The van der Waals surface area contributed by atoms with Gasteiger partial charge in [-0.1, -0.05) is 0 Å². The molecule has 1 aliphatic heterocycles. The number of hydrogen-bond acceptors (Lipinski definition) is 4. The Hall–Kier alpha value is -2.44. The highest BCUT2D eigenvalue weighted by Gasteiger charge is 2.43. The van der Waals surface area contributed by atoms with Crippen molar-refractivity contribution in [3.8, 4) is 0 Å². The summed E-state index contributed by atoms with van der Waals surface area (Å²) in [4.78, 5) is 33.4. The van der Waals surface area contributed by atoms with Gasteiger partial charge in [0.1, 0.15) is 12.4 Å². The van der Waals surface area contributed by atoms with Crippen LogP contribution in [0.2, 0.25) is 0 Å². The van der Waals surface area contributed by atoms with Crippen LogP contribution in [0.5, 0.6) is 0 Å². The van der Waals surface area contributed by atoms with Crippen molar-refractivity contribution >= 4 is 5.91 Å². The van der Waals surface area contributed by atoms with E-state index < -0.39 is 5.54 Å². The van der Waals surface area contributed by atoms with Crippen molar-refractivity contribution in [3.63, 3.8) is 0 Å². The number of hydrogen-bond donors (Lipinski definition) is 1. The molecule has 0 aromatic carbocycles. The van der Waals surface area contributed by atoms with E-state index in [1.807, 2.05) is 6.92 Å². The lowest BCUT2D eigenvalue weighted by Gasteiger charge is -2.34. The van der Waals surface area contributed by atoms with Gasteiger partial charge in [-0.25, -0.2) is 4.98 Å². The molecule has 0 radical (unpaired) electrons. The molecular weight excluding hydrogens is 282 g/mol. The summed E-state index contributed by atoms with van der Waals surface area (Å²) in [5, 5.41) is 4.07. The number of carbonyl (C=O) groups excluding carboxylic acids is 1. The Morgan fingerprint density at radius 1 is 1.50 bits per heavy atom. The Kier molecular flexibility index (Phi) is 3.56. The lowest BCUT2D eigenvalue weighted by Crippen LogP contribution is -2.46. The zero-order valence-corrected chi connectivity index (χ0v) is 12.7. The van der Waals surface area contributed by atoms with E-state index in [4.69, 9.17) is 0 Å². The van der Waals surface area contributed by atoms with Crippen LogP contribution < -0.4 is 5.56 Å². The van der Waals surface area contributed by atoms with Gasteiger partial charge >= 0.3 is 0 Å². The molecule has 1 unspecified atom stereocenters. The molecule has 0 saturated carbocycles. The first-order chi connectivity index (χ1) is 10.5. The molecule has 1 N–H and O–H groups in total. The quantitative estimate of drug-likeness (QED) is 0.909. The topological polar surface area (TPSA) is 83.9 Å². The molecule has 1 fully saturated rings. The van der Waals surface area contributed by atoms with Crippen LogP contribution in [0.15, 0.2) is 29.3 Å². The summed E-state index contributed by atoms with van der Waals surface area (Å²) in [6, 6.07) is 3.24. The van der Waals surface area contributed by atoms with Crippen molar-refractivity contribution in [1.29, 1.82) is 0 Å². The number of aromatic amines is 1. The molecule has 2 aromatic heterocycles. The molecule has 22 heavy (non-hydrogen) atoms. The van der Waals surface area contributed by atoms with E-state index in [1.54, 1.807) is 35.0 Å². The van der Waals surface area contributed by atoms with E-state index in [-0.39, 0.29) is 18.0 Å². The van der Waals surface area contributed by atoms with Gasteiger partial charge in [0.15, 0.2) is 0 Å². The van der Waals surface area contributed by atoms with E-state index in [9.17, 15) is 9.59 Å². The summed E-state index contributed by atoms with van der Waals surface area (Å²) < 4.78 is 1.60. The maximum Gasteiger partial charge on any atom is 0.251 e. The first-order valence-electron chi connectivity index (χ1n) is 7.35. The van der Waals surface area contributed by atoms with Crippen molar-refractivity contribution in [1.82, 2.24) is 24.6 Å². The molecule has 116 valence electrons. The largest absolute Gasteiger partial charge is 0.328 e. The number of carbonyl (C=O) groups is 1. The SMILES string of the molecule is Cc1cc(=O)[nH]c(C2(C)CCCN2C(=O)Cn2cccn2)n1. The Bertz CT molecular complexity index is 737. The second kappa shape index (κ2) is 5.40. The molecule has 2 aromatic rings. The lowest BCUT2D eigenvalue weighted by molar-refractivity contribution is -0.136. The van der Waals surface area contributed by atoms with Crippen LogP contribution in [0, 0.1) is 6.92 Å². The van der Waals surface area contributed by atoms with Gasteiger partial charge in [-0.05, 0) is 32.8 Å². The number of nitrogens with one attached hydrogen (secondary N) is 1. The van der Waals surface area contributed by atoms with Crippen molar-refractivity contribution in [2.24, 2.45) is 0 Å². The maximum atomic E-state index is 12.6. The van der Waals surface area contributed by atoms with Crippen LogP contribution in [0.3, 0.4) is 0 Å². The smallest absolute Gasteiger partial charge is 0.251 e.